The van der Waals surface area contributed by atoms with E-state index in [1.54, 1.807) is 12.1 Å². The monoisotopic (exact) mass is 256 g/mol. The number of carboxylic acids is 1. The van der Waals surface area contributed by atoms with Crippen LogP contribution >= 0.6 is 0 Å². The molecule has 1 unspecified atom stereocenters. The van der Waals surface area contributed by atoms with Crippen LogP contribution in [0.4, 0.5) is 5.82 Å². The van der Waals surface area contributed by atoms with E-state index in [1.807, 2.05) is 30.3 Å². The summed E-state index contributed by atoms with van der Waals surface area (Å²) in [6.45, 7) is 2.08. The standard InChI is InChI=1S/C15H16N2O2/c1-2-12(11-7-4-3-5-8-11)16-14-10-6-9-13(17-14)15(18)19/h3-10,12H,2H2,1H3,(H,16,17)(H,18,19). The van der Waals surface area contributed by atoms with Crippen LogP contribution in [0.2, 0.25) is 0 Å². The Morgan fingerprint density at radius 1 is 1.21 bits per heavy atom. The Kier molecular flexibility index (Phi) is 4.13. The first-order valence-electron chi connectivity index (χ1n) is 6.22. The summed E-state index contributed by atoms with van der Waals surface area (Å²) in [5.74, 6) is -0.438. The highest BCUT2D eigenvalue weighted by Gasteiger charge is 2.11. The average molecular weight is 256 g/mol. The molecule has 1 aromatic heterocycles. The number of aromatic nitrogens is 1. The molecule has 0 aliphatic heterocycles. The summed E-state index contributed by atoms with van der Waals surface area (Å²) in [6.07, 6.45) is 0.892. The third-order valence-electron chi connectivity index (χ3n) is 2.90. The molecule has 0 aliphatic carbocycles. The Labute approximate surface area is 112 Å². The topological polar surface area (TPSA) is 62.2 Å². The summed E-state index contributed by atoms with van der Waals surface area (Å²) >= 11 is 0. The molecule has 0 saturated carbocycles. The predicted molar refractivity (Wildman–Crippen MR) is 74.3 cm³/mol. The van der Waals surface area contributed by atoms with E-state index in [9.17, 15) is 4.79 Å². The number of nitrogens with zero attached hydrogens (tertiary/aromatic N) is 1. The van der Waals surface area contributed by atoms with Gasteiger partial charge >= 0.3 is 5.97 Å². The Bertz CT molecular complexity index is 555. The molecule has 0 aliphatic rings. The molecule has 2 N–H and O–H groups in total. The maximum Gasteiger partial charge on any atom is 0.354 e. The number of benzene rings is 1. The van der Waals surface area contributed by atoms with Crippen molar-refractivity contribution in [2.45, 2.75) is 19.4 Å². The lowest BCUT2D eigenvalue weighted by Gasteiger charge is -2.18. The number of carboxylic acid groups (broad SMARTS) is 1. The Morgan fingerprint density at radius 2 is 1.95 bits per heavy atom. The maximum atomic E-state index is 10.9. The molecule has 2 rings (SSSR count). The number of hydrogen-bond acceptors (Lipinski definition) is 3. The first-order valence-corrected chi connectivity index (χ1v) is 6.22. The lowest BCUT2D eigenvalue weighted by Crippen LogP contribution is -2.12. The first kappa shape index (κ1) is 13.1. The van der Waals surface area contributed by atoms with Crippen LogP contribution in [0.3, 0.4) is 0 Å². The number of pyridine rings is 1. The summed E-state index contributed by atoms with van der Waals surface area (Å²) < 4.78 is 0. The van der Waals surface area contributed by atoms with E-state index in [2.05, 4.69) is 17.2 Å². The van der Waals surface area contributed by atoms with Gasteiger partial charge in [0, 0.05) is 0 Å². The average Bonchev–Trinajstić information content (AvgIpc) is 2.46. The summed E-state index contributed by atoms with van der Waals surface area (Å²) in [6, 6.07) is 15.1. The zero-order valence-electron chi connectivity index (χ0n) is 10.7. The van der Waals surface area contributed by atoms with Gasteiger partial charge < -0.3 is 10.4 Å². The minimum Gasteiger partial charge on any atom is -0.477 e. The van der Waals surface area contributed by atoms with Crippen LogP contribution < -0.4 is 5.32 Å². The van der Waals surface area contributed by atoms with Gasteiger partial charge in [-0.15, -0.1) is 0 Å². The van der Waals surface area contributed by atoms with Crippen molar-refractivity contribution >= 4 is 11.8 Å². The third-order valence-corrected chi connectivity index (χ3v) is 2.90. The van der Waals surface area contributed by atoms with Crippen LogP contribution in [0.25, 0.3) is 0 Å². The second-order valence-electron chi connectivity index (χ2n) is 4.23. The predicted octanol–water partition coefficient (Wildman–Crippen LogP) is 3.34. The van der Waals surface area contributed by atoms with Crippen molar-refractivity contribution in [2.24, 2.45) is 0 Å². The van der Waals surface area contributed by atoms with Crippen molar-refractivity contribution < 1.29 is 9.90 Å². The van der Waals surface area contributed by atoms with Crippen LogP contribution in [-0.4, -0.2) is 16.1 Å². The van der Waals surface area contributed by atoms with Crippen molar-refractivity contribution in [3.63, 3.8) is 0 Å². The second-order valence-corrected chi connectivity index (χ2v) is 4.23. The summed E-state index contributed by atoms with van der Waals surface area (Å²) in [7, 11) is 0. The highest BCUT2D eigenvalue weighted by Crippen LogP contribution is 2.21. The van der Waals surface area contributed by atoms with Crippen LogP contribution in [0.1, 0.15) is 35.4 Å². The van der Waals surface area contributed by atoms with Gasteiger partial charge in [0.05, 0.1) is 6.04 Å². The van der Waals surface area contributed by atoms with Crippen LogP contribution in [0.15, 0.2) is 48.5 Å². The zero-order chi connectivity index (χ0) is 13.7. The molecule has 1 heterocycles. The van der Waals surface area contributed by atoms with E-state index in [4.69, 9.17) is 5.11 Å². The molecule has 2 aromatic rings. The smallest absolute Gasteiger partial charge is 0.354 e. The number of anilines is 1. The summed E-state index contributed by atoms with van der Waals surface area (Å²) in [5, 5.41) is 12.2. The Balaban J connectivity index is 2.19. The fraction of sp³-hybridized carbons (Fsp3) is 0.200. The van der Waals surface area contributed by atoms with Gasteiger partial charge in [-0.05, 0) is 24.1 Å². The Hall–Kier alpha value is -2.36. The maximum absolute atomic E-state index is 10.9. The van der Waals surface area contributed by atoms with Crippen LogP contribution in [0, 0.1) is 0 Å². The number of aromatic carboxylic acids is 1. The van der Waals surface area contributed by atoms with E-state index in [0.29, 0.717) is 5.82 Å². The molecule has 98 valence electrons. The summed E-state index contributed by atoms with van der Waals surface area (Å²) in [5.41, 5.74) is 1.21. The summed E-state index contributed by atoms with van der Waals surface area (Å²) in [4.78, 5) is 15.0. The van der Waals surface area contributed by atoms with Gasteiger partial charge in [-0.1, -0.05) is 43.3 Å². The number of hydrogen-bond donors (Lipinski definition) is 2. The largest absolute Gasteiger partial charge is 0.477 e. The quantitative estimate of drug-likeness (QED) is 0.861. The van der Waals surface area contributed by atoms with E-state index >= 15 is 0 Å². The minimum atomic E-state index is -1.02. The van der Waals surface area contributed by atoms with Crippen LogP contribution in [0.5, 0.6) is 0 Å². The highest BCUT2D eigenvalue weighted by atomic mass is 16.4. The number of rotatable bonds is 5. The van der Waals surface area contributed by atoms with Gasteiger partial charge in [0.1, 0.15) is 5.82 Å². The molecule has 4 heteroatoms. The van der Waals surface area contributed by atoms with Gasteiger partial charge in [-0.3, -0.25) is 0 Å². The number of carbonyl (C=O) groups is 1. The van der Waals surface area contributed by atoms with Gasteiger partial charge in [-0.25, -0.2) is 9.78 Å². The van der Waals surface area contributed by atoms with Crippen LogP contribution in [-0.2, 0) is 0 Å². The second kappa shape index (κ2) is 6.00. The molecule has 0 amide bonds. The highest BCUT2D eigenvalue weighted by molar-refractivity contribution is 5.85. The van der Waals surface area contributed by atoms with E-state index < -0.39 is 5.97 Å². The lowest BCUT2D eigenvalue weighted by atomic mass is 10.0. The van der Waals surface area contributed by atoms with E-state index in [0.717, 1.165) is 12.0 Å². The van der Waals surface area contributed by atoms with Crippen molar-refractivity contribution in [3.05, 3.63) is 59.8 Å². The van der Waals surface area contributed by atoms with E-state index in [-0.39, 0.29) is 11.7 Å². The van der Waals surface area contributed by atoms with Crippen molar-refractivity contribution in [1.29, 1.82) is 0 Å². The third kappa shape index (κ3) is 3.31. The molecule has 19 heavy (non-hydrogen) atoms. The molecule has 0 spiro atoms. The molecule has 0 fully saturated rings. The molecular formula is C15H16N2O2. The Morgan fingerprint density at radius 3 is 2.58 bits per heavy atom. The van der Waals surface area contributed by atoms with Gasteiger partial charge in [0.15, 0.2) is 5.69 Å². The van der Waals surface area contributed by atoms with Crippen molar-refractivity contribution in [3.8, 4) is 0 Å². The van der Waals surface area contributed by atoms with Crippen molar-refractivity contribution in [2.75, 3.05) is 5.32 Å². The molecule has 4 nitrogen and oxygen atoms in total. The van der Waals surface area contributed by atoms with Gasteiger partial charge in [-0.2, -0.15) is 0 Å². The molecule has 1 aromatic carbocycles. The molecule has 0 radical (unpaired) electrons. The number of nitrogens with one attached hydrogen (secondary N) is 1. The lowest BCUT2D eigenvalue weighted by molar-refractivity contribution is 0.0690. The normalized spacial score (nSPS) is 11.8. The molecular weight excluding hydrogens is 240 g/mol. The van der Waals surface area contributed by atoms with Gasteiger partial charge in [0.25, 0.3) is 0 Å². The fourth-order valence-corrected chi connectivity index (χ4v) is 1.92. The van der Waals surface area contributed by atoms with E-state index in [1.165, 1.54) is 6.07 Å². The molecule has 0 saturated heterocycles. The zero-order valence-corrected chi connectivity index (χ0v) is 10.7. The minimum absolute atomic E-state index is 0.0490. The molecule has 1 atom stereocenters. The fourth-order valence-electron chi connectivity index (χ4n) is 1.92. The first-order chi connectivity index (χ1) is 9.20. The SMILES string of the molecule is CCC(Nc1cccc(C(=O)O)n1)c1ccccc1. The molecule has 0 bridgehead atoms. The van der Waals surface area contributed by atoms with Crippen molar-refractivity contribution in [1.82, 2.24) is 4.98 Å². The van der Waals surface area contributed by atoms with Gasteiger partial charge in [0.2, 0.25) is 0 Å².